The normalized spacial score (nSPS) is 35.1. The zero-order valence-corrected chi connectivity index (χ0v) is 11.2. The van der Waals surface area contributed by atoms with E-state index in [4.69, 9.17) is 4.74 Å². The molecule has 0 radical (unpaired) electrons. The van der Waals surface area contributed by atoms with Crippen LogP contribution in [-0.2, 0) is 4.74 Å². The lowest BCUT2D eigenvalue weighted by Gasteiger charge is -2.31. The molecular weight excluding hydrogens is 214 g/mol. The maximum atomic E-state index is 10.4. The molecule has 4 atom stereocenters. The third-order valence-corrected chi connectivity index (χ3v) is 4.58. The van der Waals surface area contributed by atoms with E-state index in [1.54, 1.807) is 7.11 Å². The third-order valence-electron chi connectivity index (χ3n) is 4.58. The van der Waals surface area contributed by atoms with Gasteiger partial charge in [-0.2, -0.15) is 0 Å². The molecule has 2 saturated carbocycles. The number of rotatable bonds is 7. The largest absolute Gasteiger partial charge is 0.389 e. The van der Waals surface area contributed by atoms with Gasteiger partial charge in [0, 0.05) is 20.2 Å². The number of ether oxygens (including phenoxy) is 1. The van der Waals surface area contributed by atoms with Crippen molar-refractivity contribution in [3.8, 4) is 0 Å². The summed E-state index contributed by atoms with van der Waals surface area (Å²) in [5.74, 6) is 2.65. The predicted octanol–water partition coefficient (Wildman–Crippen LogP) is 1.80. The first-order valence-corrected chi connectivity index (χ1v) is 7.03. The molecule has 2 N–H and O–H groups in total. The lowest BCUT2D eigenvalue weighted by molar-refractivity contribution is 0.0236. The van der Waals surface area contributed by atoms with Gasteiger partial charge in [0.1, 0.15) is 0 Å². The number of hydrogen-bond acceptors (Lipinski definition) is 3. The van der Waals surface area contributed by atoms with Crippen LogP contribution in [0.5, 0.6) is 0 Å². The maximum Gasteiger partial charge on any atom is 0.0746 e. The van der Waals surface area contributed by atoms with Crippen molar-refractivity contribution in [3.05, 3.63) is 0 Å². The summed E-state index contributed by atoms with van der Waals surface area (Å²) in [6, 6.07) is 0. The van der Waals surface area contributed by atoms with Crippen LogP contribution < -0.4 is 5.32 Å². The molecule has 4 unspecified atom stereocenters. The van der Waals surface area contributed by atoms with Gasteiger partial charge < -0.3 is 15.2 Å². The van der Waals surface area contributed by atoms with Crippen molar-refractivity contribution >= 4 is 0 Å². The molecule has 0 amide bonds. The van der Waals surface area contributed by atoms with Crippen molar-refractivity contribution in [2.24, 2.45) is 17.8 Å². The Morgan fingerprint density at radius 1 is 1.35 bits per heavy atom. The number of aliphatic hydroxyl groups is 1. The van der Waals surface area contributed by atoms with Gasteiger partial charge in [0.2, 0.25) is 0 Å². The molecule has 0 aliphatic heterocycles. The van der Waals surface area contributed by atoms with Crippen LogP contribution in [0.4, 0.5) is 0 Å². The van der Waals surface area contributed by atoms with E-state index in [1.807, 2.05) is 6.92 Å². The highest BCUT2D eigenvalue weighted by molar-refractivity contribution is 4.93. The monoisotopic (exact) mass is 241 g/mol. The summed E-state index contributed by atoms with van der Waals surface area (Å²) in [6.07, 6.45) is 6.60. The van der Waals surface area contributed by atoms with E-state index in [9.17, 15) is 5.11 Å². The summed E-state index contributed by atoms with van der Waals surface area (Å²) < 4.78 is 4.99. The van der Waals surface area contributed by atoms with Crippen LogP contribution in [0.15, 0.2) is 0 Å². The second-order valence-electron chi connectivity index (χ2n) is 6.31. The van der Waals surface area contributed by atoms with Gasteiger partial charge in [0.05, 0.1) is 12.2 Å². The molecule has 0 aromatic rings. The van der Waals surface area contributed by atoms with Crippen molar-refractivity contribution in [2.45, 2.75) is 44.6 Å². The molecule has 0 aromatic heterocycles. The van der Waals surface area contributed by atoms with Crippen molar-refractivity contribution in [2.75, 3.05) is 26.8 Å². The maximum absolute atomic E-state index is 10.4. The van der Waals surface area contributed by atoms with Crippen molar-refractivity contribution in [3.63, 3.8) is 0 Å². The lowest BCUT2D eigenvalue weighted by Crippen LogP contribution is -2.41. The zero-order chi connectivity index (χ0) is 12.3. The highest BCUT2D eigenvalue weighted by Gasteiger charge is 2.41. The van der Waals surface area contributed by atoms with Crippen molar-refractivity contribution in [1.82, 2.24) is 5.32 Å². The lowest BCUT2D eigenvalue weighted by atomic mass is 9.81. The van der Waals surface area contributed by atoms with Crippen LogP contribution in [0.25, 0.3) is 0 Å². The topological polar surface area (TPSA) is 41.5 Å². The Morgan fingerprint density at radius 2 is 2.18 bits per heavy atom. The summed E-state index contributed by atoms with van der Waals surface area (Å²) in [5.41, 5.74) is -0.553. The first kappa shape index (κ1) is 13.3. The molecular formula is C14H27NO2. The Kier molecular flexibility index (Phi) is 4.45. The van der Waals surface area contributed by atoms with Crippen LogP contribution in [0.1, 0.15) is 39.0 Å². The quantitative estimate of drug-likeness (QED) is 0.668. The van der Waals surface area contributed by atoms with Gasteiger partial charge in [0.15, 0.2) is 0 Å². The fraction of sp³-hybridized carbons (Fsp3) is 1.00. The highest BCUT2D eigenvalue weighted by atomic mass is 16.5. The van der Waals surface area contributed by atoms with Crippen molar-refractivity contribution in [1.29, 1.82) is 0 Å². The van der Waals surface area contributed by atoms with Crippen LogP contribution >= 0.6 is 0 Å². The Morgan fingerprint density at radius 3 is 2.76 bits per heavy atom. The van der Waals surface area contributed by atoms with E-state index in [0.717, 1.165) is 30.7 Å². The SMILES string of the molecule is COCCNCC(C)(O)CC1CC2CCC1C2. The molecule has 0 heterocycles. The van der Waals surface area contributed by atoms with Crippen LogP contribution in [-0.4, -0.2) is 37.5 Å². The number of nitrogens with one attached hydrogen (secondary N) is 1. The Labute approximate surface area is 105 Å². The summed E-state index contributed by atoms with van der Waals surface area (Å²) in [5, 5.41) is 13.7. The molecule has 17 heavy (non-hydrogen) atoms. The van der Waals surface area contributed by atoms with Gasteiger partial charge in [-0.1, -0.05) is 6.42 Å². The highest BCUT2D eigenvalue weighted by Crippen LogP contribution is 2.50. The number of hydrogen-bond donors (Lipinski definition) is 2. The van der Waals surface area contributed by atoms with E-state index in [1.165, 1.54) is 25.7 Å². The van der Waals surface area contributed by atoms with E-state index in [-0.39, 0.29) is 0 Å². The second-order valence-corrected chi connectivity index (χ2v) is 6.31. The fourth-order valence-corrected chi connectivity index (χ4v) is 3.80. The molecule has 0 spiro atoms. The summed E-state index contributed by atoms with van der Waals surface area (Å²) >= 11 is 0. The molecule has 3 heteroatoms. The van der Waals surface area contributed by atoms with E-state index >= 15 is 0 Å². The summed E-state index contributed by atoms with van der Waals surface area (Å²) in [4.78, 5) is 0. The van der Waals surface area contributed by atoms with Gasteiger partial charge in [-0.3, -0.25) is 0 Å². The molecule has 0 saturated heterocycles. The van der Waals surface area contributed by atoms with Crippen LogP contribution in [0.2, 0.25) is 0 Å². The van der Waals surface area contributed by atoms with E-state index < -0.39 is 5.60 Å². The predicted molar refractivity (Wildman–Crippen MR) is 68.9 cm³/mol. The van der Waals surface area contributed by atoms with Crippen LogP contribution in [0.3, 0.4) is 0 Å². The fourth-order valence-electron chi connectivity index (χ4n) is 3.80. The smallest absolute Gasteiger partial charge is 0.0746 e. The first-order valence-electron chi connectivity index (χ1n) is 7.03. The number of fused-ring (bicyclic) bond motifs is 2. The minimum atomic E-state index is -0.553. The minimum Gasteiger partial charge on any atom is -0.389 e. The van der Waals surface area contributed by atoms with Gasteiger partial charge in [-0.15, -0.1) is 0 Å². The van der Waals surface area contributed by atoms with Gasteiger partial charge in [0.25, 0.3) is 0 Å². The van der Waals surface area contributed by atoms with E-state index in [0.29, 0.717) is 13.2 Å². The molecule has 2 fully saturated rings. The van der Waals surface area contributed by atoms with Gasteiger partial charge in [-0.25, -0.2) is 0 Å². The van der Waals surface area contributed by atoms with Gasteiger partial charge in [-0.05, 0) is 50.4 Å². The third kappa shape index (κ3) is 3.67. The molecule has 2 rings (SSSR count). The van der Waals surface area contributed by atoms with Crippen molar-refractivity contribution < 1.29 is 9.84 Å². The molecule has 100 valence electrons. The molecule has 2 bridgehead atoms. The molecule has 2 aliphatic rings. The Bertz CT molecular complexity index is 242. The average molecular weight is 241 g/mol. The molecule has 3 nitrogen and oxygen atoms in total. The minimum absolute atomic E-state index is 0.553. The molecule has 0 aromatic carbocycles. The Hall–Kier alpha value is -0.120. The van der Waals surface area contributed by atoms with E-state index in [2.05, 4.69) is 5.32 Å². The second kappa shape index (κ2) is 5.68. The molecule has 2 aliphatic carbocycles. The average Bonchev–Trinajstić information content (AvgIpc) is 2.85. The summed E-state index contributed by atoms with van der Waals surface area (Å²) in [7, 11) is 1.70. The first-order chi connectivity index (χ1) is 8.11. The van der Waals surface area contributed by atoms with Crippen LogP contribution in [0, 0.1) is 17.8 Å². The van der Waals surface area contributed by atoms with Gasteiger partial charge >= 0.3 is 0 Å². The summed E-state index contributed by atoms with van der Waals surface area (Å²) in [6.45, 7) is 4.19. The standard InChI is InChI=1S/C14H27NO2/c1-14(16,10-15-5-6-17-2)9-13-8-11-3-4-12(13)7-11/h11-13,15-16H,3-10H2,1-2H3. The Balaban J connectivity index is 1.69. The number of methoxy groups -OCH3 is 1. The zero-order valence-electron chi connectivity index (χ0n) is 11.2.